The lowest BCUT2D eigenvalue weighted by molar-refractivity contribution is -0.134. The van der Waals surface area contributed by atoms with Crippen LogP contribution in [-0.2, 0) is 9.53 Å². The number of nitrogens with zero attached hydrogens (tertiary/aromatic N) is 1. The van der Waals surface area contributed by atoms with Gasteiger partial charge in [-0.25, -0.2) is 0 Å². The molecule has 0 saturated carbocycles. The predicted molar refractivity (Wildman–Crippen MR) is 64.3 cm³/mol. The van der Waals surface area contributed by atoms with E-state index in [1.165, 1.54) is 0 Å². The third-order valence-electron chi connectivity index (χ3n) is 3.18. The van der Waals surface area contributed by atoms with Crippen LogP contribution in [0.15, 0.2) is 18.3 Å². The second kappa shape index (κ2) is 5.33. The molecule has 0 aliphatic carbocycles. The summed E-state index contributed by atoms with van der Waals surface area (Å²) >= 11 is 0. The van der Waals surface area contributed by atoms with Crippen molar-refractivity contribution in [1.82, 2.24) is 9.88 Å². The van der Waals surface area contributed by atoms with Crippen LogP contribution in [0.25, 0.3) is 0 Å². The number of carbonyl (C=O) groups excluding carboxylic acids is 1. The van der Waals surface area contributed by atoms with Crippen LogP contribution in [-0.4, -0.2) is 42.1 Å². The van der Waals surface area contributed by atoms with Crippen LogP contribution in [0.5, 0.6) is 0 Å². The summed E-state index contributed by atoms with van der Waals surface area (Å²) in [4.78, 5) is 17.2. The van der Waals surface area contributed by atoms with Gasteiger partial charge in [-0.2, -0.15) is 0 Å². The molecule has 94 valence electrons. The number of methoxy groups -OCH3 is 1. The zero-order chi connectivity index (χ0) is 12.3. The molecule has 17 heavy (non-hydrogen) atoms. The average molecular weight is 237 g/mol. The van der Waals surface area contributed by atoms with Crippen LogP contribution in [0.4, 0.5) is 0 Å². The summed E-state index contributed by atoms with van der Waals surface area (Å²) in [5, 5.41) is 0. The van der Waals surface area contributed by atoms with Crippen molar-refractivity contribution in [3.8, 4) is 0 Å². The third kappa shape index (κ3) is 2.50. The second-order valence-corrected chi connectivity index (χ2v) is 4.38. The van der Waals surface area contributed by atoms with Crippen molar-refractivity contribution in [2.24, 2.45) is 5.73 Å². The Balaban J connectivity index is 2.07. The van der Waals surface area contributed by atoms with E-state index in [0.29, 0.717) is 0 Å². The van der Waals surface area contributed by atoms with Crippen LogP contribution in [0.3, 0.4) is 0 Å². The smallest absolute Gasteiger partial charge is 0.242 e. The first-order valence-corrected chi connectivity index (χ1v) is 5.92. The van der Waals surface area contributed by atoms with E-state index in [0.717, 1.165) is 25.1 Å². The lowest BCUT2D eigenvalue weighted by atomic mass is 10.1. The number of aromatic nitrogens is 1. The number of aromatic amines is 1. The number of carbonyl (C=O) groups is 1. The maximum Gasteiger partial charge on any atom is 0.242 e. The van der Waals surface area contributed by atoms with Crippen LogP contribution in [0.2, 0.25) is 0 Å². The minimum Gasteiger partial charge on any atom is -0.383 e. The summed E-state index contributed by atoms with van der Waals surface area (Å²) in [6.45, 7) is 1.05. The first kappa shape index (κ1) is 12.1. The minimum absolute atomic E-state index is 0.0241. The van der Waals surface area contributed by atoms with Gasteiger partial charge in [0.2, 0.25) is 5.91 Å². The van der Waals surface area contributed by atoms with E-state index in [-0.39, 0.29) is 18.6 Å². The molecule has 1 aromatic heterocycles. The highest BCUT2D eigenvalue weighted by atomic mass is 16.5. The Bertz CT molecular complexity index is 364. The third-order valence-corrected chi connectivity index (χ3v) is 3.18. The Morgan fingerprint density at radius 3 is 3.24 bits per heavy atom. The fourth-order valence-corrected chi connectivity index (χ4v) is 2.37. The molecule has 5 heteroatoms. The van der Waals surface area contributed by atoms with Crippen molar-refractivity contribution < 1.29 is 9.53 Å². The van der Waals surface area contributed by atoms with E-state index in [9.17, 15) is 4.79 Å². The highest BCUT2D eigenvalue weighted by Crippen LogP contribution is 2.31. The zero-order valence-electron chi connectivity index (χ0n) is 10.1. The number of hydrogen-bond donors (Lipinski definition) is 2. The molecule has 1 fully saturated rings. The van der Waals surface area contributed by atoms with Gasteiger partial charge in [0, 0.05) is 25.5 Å². The van der Waals surface area contributed by atoms with Gasteiger partial charge < -0.3 is 20.4 Å². The van der Waals surface area contributed by atoms with Crippen molar-refractivity contribution in [3.05, 3.63) is 24.0 Å². The van der Waals surface area contributed by atoms with Gasteiger partial charge >= 0.3 is 0 Å². The Kier molecular flexibility index (Phi) is 3.81. The lowest BCUT2D eigenvalue weighted by Gasteiger charge is -2.26. The van der Waals surface area contributed by atoms with Crippen molar-refractivity contribution in [1.29, 1.82) is 0 Å². The predicted octanol–water partition coefficient (Wildman–Crippen LogP) is 0.652. The monoisotopic (exact) mass is 237 g/mol. The van der Waals surface area contributed by atoms with Crippen molar-refractivity contribution in [2.45, 2.75) is 24.9 Å². The number of nitrogens with two attached hydrogens (primary N) is 1. The summed E-state index contributed by atoms with van der Waals surface area (Å²) in [6, 6.07) is 3.54. The maximum absolute atomic E-state index is 12.1. The topological polar surface area (TPSA) is 71.3 Å². The number of hydrogen-bond acceptors (Lipinski definition) is 3. The van der Waals surface area contributed by atoms with E-state index < -0.39 is 6.04 Å². The Labute approximate surface area is 101 Å². The normalized spacial score (nSPS) is 21.8. The minimum atomic E-state index is -0.560. The van der Waals surface area contributed by atoms with Gasteiger partial charge in [0.05, 0.1) is 12.6 Å². The van der Waals surface area contributed by atoms with Gasteiger partial charge in [-0.15, -0.1) is 0 Å². The Morgan fingerprint density at radius 2 is 2.59 bits per heavy atom. The fourth-order valence-electron chi connectivity index (χ4n) is 2.37. The van der Waals surface area contributed by atoms with Crippen LogP contribution >= 0.6 is 0 Å². The van der Waals surface area contributed by atoms with Crippen molar-refractivity contribution in [2.75, 3.05) is 20.3 Å². The van der Waals surface area contributed by atoms with Gasteiger partial charge in [-0.1, -0.05) is 0 Å². The average Bonchev–Trinajstić information content (AvgIpc) is 2.98. The summed E-state index contributed by atoms with van der Waals surface area (Å²) in [6.07, 6.45) is 3.90. The summed E-state index contributed by atoms with van der Waals surface area (Å²) in [5.74, 6) is -0.0241. The van der Waals surface area contributed by atoms with E-state index in [1.807, 2.05) is 23.2 Å². The Morgan fingerprint density at radius 1 is 1.76 bits per heavy atom. The van der Waals surface area contributed by atoms with Crippen LogP contribution in [0.1, 0.15) is 24.6 Å². The quantitative estimate of drug-likeness (QED) is 0.807. The zero-order valence-corrected chi connectivity index (χ0v) is 10.1. The molecule has 1 amide bonds. The molecule has 2 heterocycles. The molecule has 3 N–H and O–H groups in total. The highest BCUT2D eigenvalue weighted by molar-refractivity contribution is 5.82. The van der Waals surface area contributed by atoms with E-state index in [2.05, 4.69) is 4.98 Å². The SMILES string of the molecule is COCC(N)C(=O)N1CCCC1c1ccc[nH]1. The largest absolute Gasteiger partial charge is 0.383 e. The number of H-pyrrole nitrogens is 1. The van der Waals surface area contributed by atoms with Crippen LogP contribution in [0, 0.1) is 0 Å². The molecule has 1 saturated heterocycles. The molecule has 0 bridgehead atoms. The fraction of sp³-hybridized carbons (Fsp3) is 0.583. The van der Waals surface area contributed by atoms with E-state index in [4.69, 9.17) is 10.5 Å². The Hall–Kier alpha value is -1.33. The molecule has 1 aliphatic rings. The number of rotatable bonds is 4. The highest BCUT2D eigenvalue weighted by Gasteiger charge is 2.32. The first-order valence-electron chi connectivity index (χ1n) is 5.92. The van der Waals surface area contributed by atoms with E-state index >= 15 is 0 Å². The van der Waals surface area contributed by atoms with Crippen LogP contribution < -0.4 is 5.73 Å². The number of ether oxygens (including phenoxy) is 1. The number of likely N-dealkylation sites (tertiary alicyclic amines) is 1. The van der Waals surface area contributed by atoms with E-state index in [1.54, 1.807) is 7.11 Å². The van der Waals surface area contributed by atoms with Crippen molar-refractivity contribution >= 4 is 5.91 Å². The van der Waals surface area contributed by atoms with Gasteiger partial charge in [0.25, 0.3) is 0 Å². The number of nitrogens with one attached hydrogen (secondary N) is 1. The van der Waals surface area contributed by atoms with Gasteiger partial charge in [-0.05, 0) is 25.0 Å². The molecule has 2 unspecified atom stereocenters. The molecule has 2 atom stereocenters. The first-order chi connectivity index (χ1) is 8.24. The summed E-state index contributed by atoms with van der Waals surface area (Å²) in [5.41, 5.74) is 6.88. The molecule has 0 aromatic carbocycles. The number of amides is 1. The molecule has 1 aliphatic heterocycles. The maximum atomic E-state index is 12.1. The molecular formula is C12H19N3O2. The van der Waals surface area contributed by atoms with Gasteiger partial charge in [-0.3, -0.25) is 4.79 Å². The molecular weight excluding hydrogens is 218 g/mol. The second-order valence-electron chi connectivity index (χ2n) is 4.38. The standard InChI is InChI=1S/C12H19N3O2/c1-17-8-9(13)12(16)15-7-3-5-11(15)10-4-2-6-14-10/h2,4,6,9,11,14H,3,5,7-8,13H2,1H3. The van der Waals surface area contributed by atoms with Gasteiger partial charge in [0.15, 0.2) is 0 Å². The van der Waals surface area contributed by atoms with Gasteiger partial charge in [0.1, 0.15) is 6.04 Å². The molecule has 1 aromatic rings. The molecule has 0 spiro atoms. The summed E-state index contributed by atoms with van der Waals surface area (Å²) in [7, 11) is 1.56. The molecule has 5 nitrogen and oxygen atoms in total. The molecule has 0 radical (unpaired) electrons. The molecule has 2 rings (SSSR count). The van der Waals surface area contributed by atoms with Crippen molar-refractivity contribution in [3.63, 3.8) is 0 Å². The lowest BCUT2D eigenvalue weighted by Crippen LogP contribution is -2.45. The summed E-state index contributed by atoms with van der Waals surface area (Å²) < 4.78 is 4.93.